The number of hydrogen-bond donors (Lipinski definition) is 1. The standard InChI is InChI=1S/C24H40N2O2/c1-23-12-10-18(25-28-15-5-14-26(3)4)16-17(23)6-7-19-20-8-9-22(27)24(20,2)13-11-21(19)23/h16,19-22,27H,5-15H2,1-4H3/t19-,20-,21-,22-,23-,24-/m0/s1. The van der Waals surface area contributed by atoms with E-state index >= 15 is 0 Å². The van der Waals surface area contributed by atoms with Gasteiger partial charge in [0.1, 0.15) is 6.61 Å². The van der Waals surface area contributed by atoms with Gasteiger partial charge < -0.3 is 14.8 Å². The number of aliphatic hydroxyl groups is 1. The van der Waals surface area contributed by atoms with E-state index in [1.807, 2.05) is 0 Å². The number of nitrogens with zero attached hydrogens (tertiary/aromatic N) is 2. The largest absolute Gasteiger partial charge is 0.396 e. The fraction of sp³-hybridized carbons (Fsp3) is 0.875. The molecular weight excluding hydrogens is 348 g/mol. The van der Waals surface area contributed by atoms with Gasteiger partial charge in [-0.3, -0.25) is 0 Å². The lowest BCUT2D eigenvalue weighted by molar-refractivity contribution is -0.0722. The van der Waals surface area contributed by atoms with Gasteiger partial charge in [0, 0.05) is 6.54 Å². The van der Waals surface area contributed by atoms with Crippen LogP contribution in [0.3, 0.4) is 0 Å². The Labute approximate surface area is 171 Å². The molecule has 0 bridgehead atoms. The van der Waals surface area contributed by atoms with Crippen molar-refractivity contribution in [3.63, 3.8) is 0 Å². The van der Waals surface area contributed by atoms with Crippen molar-refractivity contribution in [2.75, 3.05) is 27.2 Å². The third kappa shape index (κ3) is 3.45. The zero-order chi connectivity index (χ0) is 19.9. The van der Waals surface area contributed by atoms with Crippen LogP contribution in [-0.2, 0) is 4.84 Å². The molecule has 4 aliphatic carbocycles. The van der Waals surface area contributed by atoms with E-state index in [0.29, 0.717) is 12.0 Å². The van der Waals surface area contributed by atoms with E-state index in [1.54, 1.807) is 5.57 Å². The first kappa shape index (κ1) is 20.4. The molecule has 4 heteroatoms. The molecule has 4 rings (SSSR count). The highest BCUT2D eigenvalue weighted by Gasteiger charge is 2.58. The molecule has 3 fully saturated rings. The number of fused-ring (bicyclic) bond motifs is 5. The van der Waals surface area contributed by atoms with E-state index in [9.17, 15) is 5.11 Å². The lowest BCUT2D eigenvalue weighted by Crippen LogP contribution is -2.51. The number of allylic oxidation sites excluding steroid dienone is 2. The zero-order valence-corrected chi connectivity index (χ0v) is 18.4. The van der Waals surface area contributed by atoms with E-state index < -0.39 is 0 Å². The van der Waals surface area contributed by atoms with E-state index in [1.165, 1.54) is 38.5 Å². The molecule has 0 unspecified atom stereocenters. The van der Waals surface area contributed by atoms with Crippen LogP contribution in [0.25, 0.3) is 0 Å². The summed E-state index contributed by atoms with van der Waals surface area (Å²) in [6.45, 7) is 6.65. The average Bonchev–Trinajstić information content (AvgIpc) is 2.96. The molecule has 3 saturated carbocycles. The Kier molecular flexibility index (Phi) is 5.65. The SMILES string of the molecule is CN(C)CCCON=C1C=C2CC[C@H]3[C@@H]4CC[C@H](O)[C@@]4(C)CC[C@@H]3[C@@]2(C)CC1. The van der Waals surface area contributed by atoms with Crippen molar-refractivity contribution in [1.29, 1.82) is 0 Å². The van der Waals surface area contributed by atoms with Crippen LogP contribution in [0.1, 0.15) is 71.6 Å². The van der Waals surface area contributed by atoms with Crippen LogP contribution < -0.4 is 0 Å². The van der Waals surface area contributed by atoms with Gasteiger partial charge in [0.05, 0.1) is 11.8 Å². The van der Waals surface area contributed by atoms with Crippen molar-refractivity contribution in [2.24, 2.45) is 33.7 Å². The van der Waals surface area contributed by atoms with E-state index in [4.69, 9.17) is 4.84 Å². The lowest BCUT2D eigenvalue weighted by atomic mass is 9.47. The van der Waals surface area contributed by atoms with Crippen LogP contribution in [0.15, 0.2) is 16.8 Å². The zero-order valence-electron chi connectivity index (χ0n) is 18.4. The van der Waals surface area contributed by atoms with Crippen LogP contribution in [0, 0.1) is 28.6 Å². The van der Waals surface area contributed by atoms with Crippen LogP contribution in [-0.4, -0.2) is 49.1 Å². The van der Waals surface area contributed by atoms with Crippen molar-refractivity contribution >= 4 is 5.71 Å². The molecule has 158 valence electrons. The Morgan fingerprint density at radius 2 is 1.93 bits per heavy atom. The quantitative estimate of drug-likeness (QED) is 0.551. The highest BCUT2D eigenvalue weighted by molar-refractivity contribution is 5.96. The molecule has 4 aliphatic rings. The summed E-state index contributed by atoms with van der Waals surface area (Å²) in [5.41, 5.74) is 3.29. The molecule has 0 spiro atoms. The monoisotopic (exact) mass is 388 g/mol. The number of rotatable bonds is 5. The Morgan fingerprint density at radius 3 is 2.71 bits per heavy atom. The van der Waals surface area contributed by atoms with Gasteiger partial charge in [-0.05, 0) is 107 Å². The summed E-state index contributed by atoms with van der Waals surface area (Å²) in [7, 11) is 4.18. The third-order valence-corrected chi connectivity index (χ3v) is 8.95. The van der Waals surface area contributed by atoms with Crippen LogP contribution in [0.5, 0.6) is 0 Å². The van der Waals surface area contributed by atoms with Gasteiger partial charge in [-0.2, -0.15) is 0 Å². The second kappa shape index (κ2) is 7.75. The molecule has 1 N–H and O–H groups in total. The Balaban J connectivity index is 1.44. The van der Waals surface area contributed by atoms with E-state index in [2.05, 4.69) is 44.1 Å². The second-order valence-corrected chi connectivity index (χ2v) is 10.7. The molecule has 28 heavy (non-hydrogen) atoms. The van der Waals surface area contributed by atoms with Crippen LogP contribution in [0.2, 0.25) is 0 Å². The van der Waals surface area contributed by atoms with Crippen molar-refractivity contribution in [2.45, 2.75) is 77.7 Å². The maximum absolute atomic E-state index is 10.6. The molecular formula is C24H40N2O2. The summed E-state index contributed by atoms with van der Waals surface area (Å²) < 4.78 is 0. The second-order valence-electron chi connectivity index (χ2n) is 10.7. The molecule has 0 heterocycles. The third-order valence-electron chi connectivity index (χ3n) is 8.95. The average molecular weight is 389 g/mol. The molecule has 0 radical (unpaired) electrons. The molecule has 0 aromatic carbocycles. The Morgan fingerprint density at radius 1 is 1.11 bits per heavy atom. The molecule has 6 atom stereocenters. The molecule has 0 aromatic rings. The first-order valence-electron chi connectivity index (χ1n) is 11.6. The van der Waals surface area contributed by atoms with Crippen LogP contribution in [0.4, 0.5) is 0 Å². The smallest absolute Gasteiger partial charge is 0.118 e. The minimum absolute atomic E-state index is 0.0714. The molecule has 0 amide bonds. The first-order valence-corrected chi connectivity index (χ1v) is 11.6. The van der Waals surface area contributed by atoms with Gasteiger partial charge in [0.15, 0.2) is 0 Å². The maximum Gasteiger partial charge on any atom is 0.118 e. The van der Waals surface area contributed by atoms with E-state index in [-0.39, 0.29) is 11.5 Å². The normalized spacial score (nSPS) is 44.1. The summed E-state index contributed by atoms with van der Waals surface area (Å²) in [5, 5.41) is 15.1. The van der Waals surface area contributed by atoms with Crippen molar-refractivity contribution in [3.8, 4) is 0 Å². The summed E-state index contributed by atoms with van der Waals surface area (Å²) in [6.07, 6.45) is 12.8. The fourth-order valence-electron chi connectivity index (χ4n) is 7.19. The lowest BCUT2D eigenvalue weighted by Gasteiger charge is -2.57. The number of oxime groups is 1. The molecule has 4 nitrogen and oxygen atoms in total. The molecule has 0 saturated heterocycles. The minimum atomic E-state index is -0.0714. The Hall–Kier alpha value is -0.870. The predicted octanol–water partition coefficient (Wildman–Crippen LogP) is 4.63. The number of aliphatic hydroxyl groups excluding tert-OH is 1. The fourth-order valence-corrected chi connectivity index (χ4v) is 7.19. The first-order chi connectivity index (χ1) is 13.3. The van der Waals surface area contributed by atoms with Gasteiger partial charge in [-0.25, -0.2) is 0 Å². The van der Waals surface area contributed by atoms with Gasteiger partial charge in [0.25, 0.3) is 0 Å². The van der Waals surface area contributed by atoms with Crippen molar-refractivity contribution in [1.82, 2.24) is 4.90 Å². The molecule has 0 aromatic heterocycles. The van der Waals surface area contributed by atoms with Gasteiger partial charge >= 0.3 is 0 Å². The molecule has 0 aliphatic heterocycles. The summed E-state index contributed by atoms with van der Waals surface area (Å²) in [6, 6.07) is 0. The maximum atomic E-state index is 10.6. The highest BCUT2D eigenvalue weighted by Crippen LogP contribution is 2.65. The van der Waals surface area contributed by atoms with Gasteiger partial charge in [-0.1, -0.05) is 24.6 Å². The predicted molar refractivity (Wildman–Crippen MR) is 114 cm³/mol. The Bertz CT molecular complexity index is 643. The van der Waals surface area contributed by atoms with Gasteiger partial charge in [-0.15, -0.1) is 0 Å². The summed E-state index contributed by atoms with van der Waals surface area (Å²) in [5.74, 6) is 2.33. The van der Waals surface area contributed by atoms with Crippen molar-refractivity contribution in [3.05, 3.63) is 11.6 Å². The van der Waals surface area contributed by atoms with Crippen molar-refractivity contribution < 1.29 is 9.94 Å². The summed E-state index contributed by atoms with van der Waals surface area (Å²) in [4.78, 5) is 7.80. The van der Waals surface area contributed by atoms with E-state index in [0.717, 1.165) is 49.3 Å². The highest BCUT2D eigenvalue weighted by atomic mass is 16.6. The number of hydrogen-bond acceptors (Lipinski definition) is 4. The summed E-state index contributed by atoms with van der Waals surface area (Å²) >= 11 is 0. The van der Waals surface area contributed by atoms with Gasteiger partial charge in [0.2, 0.25) is 0 Å². The topological polar surface area (TPSA) is 45.1 Å². The minimum Gasteiger partial charge on any atom is -0.396 e. The van der Waals surface area contributed by atoms with Crippen LogP contribution >= 0.6 is 0 Å².